The average Bonchev–Trinajstić information content (AvgIpc) is 2.22. The number of hydroxylamine groups is 1. The average molecular weight is 98.1 g/mol. The van der Waals surface area contributed by atoms with Gasteiger partial charge in [-0.3, -0.25) is 0 Å². The van der Waals surface area contributed by atoms with Crippen LogP contribution < -0.4 is 5.48 Å². The molecule has 1 aliphatic carbocycles. The molecule has 2 aliphatic rings. The minimum absolute atomic E-state index is 0.435. The topological polar surface area (TPSA) is 25.8 Å². The van der Waals surface area contributed by atoms with E-state index in [4.69, 9.17) is 4.84 Å². The van der Waals surface area contributed by atoms with Crippen molar-refractivity contribution in [1.29, 1.82) is 0 Å². The monoisotopic (exact) mass is 98.1 g/mol. The molecule has 7 heavy (non-hydrogen) atoms. The number of rotatable bonds is 0. The van der Waals surface area contributed by atoms with E-state index in [1.165, 1.54) is 6.42 Å². The summed E-state index contributed by atoms with van der Waals surface area (Å²) in [5.41, 5.74) is 1.92. The molecule has 38 valence electrons. The van der Waals surface area contributed by atoms with Gasteiger partial charge >= 0.3 is 0 Å². The van der Waals surface area contributed by atoms with E-state index < -0.39 is 0 Å². The number of fused-ring (bicyclic) bond motifs is 2. The van der Waals surface area contributed by atoms with Gasteiger partial charge in [0.2, 0.25) is 0 Å². The molecular weight excluding hydrogens is 90.1 g/mol. The molecule has 1 aliphatic heterocycles. The van der Waals surface area contributed by atoms with Crippen LogP contribution in [0.1, 0.15) is 6.42 Å². The second-order valence-electron chi connectivity index (χ2n) is 2.10. The van der Waals surface area contributed by atoms with Gasteiger partial charge < -0.3 is 0 Å². The fourth-order valence-corrected chi connectivity index (χ4v) is 1.10. The zero-order valence-corrected chi connectivity index (χ0v) is 4.00. The third-order valence-electron chi connectivity index (χ3n) is 1.51. The van der Waals surface area contributed by atoms with Crippen LogP contribution in [0.2, 0.25) is 0 Å². The van der Waals surface area contributed by atoms with E-state index in [0.717, 1.165) is 0 Å². The first-order valence-electron chi connectivity index (χ1n) is 2.62. The van der Waals surface area contributed by atoms with Gasteiger partial charge in [-0.05, 0) is 12.2 Å². The SMILES string of the molecule is C1=C[C@H]2CC1O[NH2+]2. The van der Waals surface area contributed by atoms with E-state index in [9.17, 15) is 0 Å². The molecule has 2 bridgehead atoms. The first-order chi connectivity index (χ1) is 3.45. The van der Waals surface area contributed by atoms with Crippen molar-refractivity contribution in [2.75, 3.05) is 0 Å². The lowest BCUT2D eigenvalue weighted by Crippen LogP contribution is -2.85. The molecule has 0 saturated carbocycles. The molecule has 0 amide bonds. The summed E-state index contributed by atoms with van der Waals surface area (Å²) < 4.78 is 0. The van der Waals surface area contributed by atoms with Crippen LogP contribution in [0.25, 0.3) is 0 Å². The highest BCUT2D eigenvalue weighted by molar-refractivity contribution is 5.04. The highest BCUT2D eigenvalue weighted by atomic mass is 16.7. The Morgan fingerprint density at radius 2 is 2.57 bits per heavy atom. The van der Waals surface area contributed by atoms with Gasteiger partial charge in [-0.1, -0.05) is 0 Å². The number of nitrogens with two attached hydrogens (primary N) is 1. The highest BCUT2D eigenvalue weighted by Gasteiger charge is 2.31. The van der Waals surface area contributed by atoms with Crippen LogP contribution in [-0.4, -0.2) is 12.1 Å². The van der Waals surface area contributed by atoms with Gasteiger partial charge in [-0.25, -0.2) is 0 Å². The molecule has 0 aromatic heterocycles. The van der Waals surface area contributed by atoms with E-state index in [-0.39, 0.29) is 0 Å². The van der Waals surface area contributed by atoms with Gasteiger partial charge in [0.15, 0.2) is 0 Å². The minimum Gasteiger partial charge on any atom is -0.198 e. The summed E-state index contributed by atoms with van der Waals surface area (Å²) in [5.74, 6) is 0. The summed E-state index contributed by atoms with van der Waals surface area (Å²) in [6, 6.07) is 0.644. The van der Waals surface area contributed by atoms with Crippen molar-refractivity contribution in [1.82, 2.24) is 0 Å². The van der Waals surface area contributed by atoms with E-state index in [1.54, 1.807) is 0 Å². The summed E-state index contributed by atoms with van der Waals surface area (Å²) >= 11 is 0. The lowest BCUT2D eigenvalue weighted by Gasteiger charge is -1.97. The van der Waals surface area contributed by atoms with Crippen LogP contribution in [0.5, 0.6) is 0 Å². The fraction of sp³-hybridized carbons (Fsp3) is 0.600. The molecule has 2 N–H and O–H groups in total. The van der Waals surface area contributed by atoms with Crippen LogP contribution in [-0.2, 0) is 4.84 Å². The van der Waals surface area contributed by atoms with Crippen molar-refractivity contribution in [2.45, 2.75) is 18.6 Å². The van der Waals surface area contributed by atoms with Crippen LogP contribution in [0, 0.1) is 0 Å². The summed E-state index contributed by atoms with van der Waals surface area (Å²) in [5, 5.41) is 0. The van der Waals surface area contributed by atoms with Crippen molar-refractivity contribution < 1.29 is 10.3 Å². The van der Waals surface area contributed by atoms with Crippen LogP contribution in [0.15, 0.2) is 12.2 Å². The van der Waals surface area contributed by atoms with E-state index in [1.807, 2.05) is 5.48 Å². The Bertz CT molecular complexity index is 98.6. The first-order valence-corrected chi connectivity index (χ1v) is 2.62. The molecular formula is C5H8NO+. The molecule has 2 nitrogen and oxygen atoms in total. The lowest BCUT2D eigenvalue weighted by atomic mass is 10.3. The van der Waals surface area contributed by atoms with Crippen molar-refractivity contribution in [2.24, 2.45) is 0 Å². The molecule has 2 rings (SSSR count). The third kappa shape index (κ3) is 0.406. The van der Waals surface area contributed by atoms with Crippen molar-refractivity contribution in [3.63, 3.8) is 0 Å². The normalized spacial score (nSPS) is 45.7. The van der Waals surface area contributed by atoms with Gasteiger partial charge in [0, 0.05) is 6.42 Å². The molecule has 0 aromatic carbocycles. The summed E-state index contributed by atoms with van der Waals surface area (Å²) in [6.45, 7) is 0. The molecule has 0 aromatic rings. The Morgan fingerprint density at radius 1 is 1.57 bits per heavy atom. The van der Waals surface area contributed by atoms with E-state index >= 15 is 0 Å². The maximum atomic E-state index is 5.14. The van der Waals surface area contributed by atoms with E-state index in [2.05, 4.69) is 12.2 Å². The van der Waals surface area contributed by atoms with Gasteiger partial charge in [-0.2, -0.15) is 10.3 Å². The molecule has 0 radical (unpaired) electrons. The zero-order chi connectivity index (χ0) is 4.69. The first kappa shape index (κ1) is 3.64. The largest absolute Gasteiger partial charge is 0.198 e. The van der Waals surface area contributed by atoms with Crippen molar-refractivity contribution >= 4 is 0 Å². The molecule has 1 heterocycles. The zero-order valence-electron chi connectivity index (χ0n) is 4.00. The minimum atomic E-state index is 0.435. The summed E-state index contributed by atoms with van der Waals surface area (Å²) in [6.07, 6.45) is 5.96. The Balaban J connectivity index is 2.27. The fourth-order valence-electron chi connectivity index (χ4n) is 1.10. The van der Waals surface area contributed by atoms with Crippen LogP contribution in [0.3, 0.4) is 0 Å². The van der Waals surface area contributed by atoms with Crippen LogP contribution >= 0.6 is 0 Å². The second-order valence-corrected chi connectivity index (χ2v) is 2.10. The van der Waals surface area contributed by atoms with Crippen LogP contribution in [0.4, 0.5) is 0 Å². The Morgan fingerprint density at radius 3 is 2.71 bits per heavy atom. The lowest BCUT2D eigenvalue weighted by molar-refractivity contribution is -0.896. The van der Waals surface area contributed by atoms with Gasteiger partial charge in [-0.15, -0.1) is 0 Å². The smallest absolute Gasteiger partial charge is 0.141 e. The standard InChI is InChI=1S/C5H7NO/c1-2-5-3-4(1)6-7-5/h1-2,4-6H,3H2/p+1/t4-,5?/m0/s1. The number of quaternary nitrogens is 1. The Labute approximate surface area is 42.1 Å². The molecule has 0 spiro atoms. The molecule has 2 heteroatoms. The maximum absolute atomic E-state index is 5.14. The predicted molar refractivity (Wildman–Crippen MR) is 24.3 cm³/mol. The molecule has 2 atom stereocenters. The highest BCUT2D eigenvalue weighted by Crippen LogP contribution is 2.13. The van der Waals surface area contributed by atoms with Crippen molar-refractivity contribution in [3.8, 4) is 0 Å². The second kappa shape index (κ2) is 1.08. The van der Waals surface area contributed by atoms with Crippen molar-refractivity contribution in [3.05, 3.63) is 12.2 Å². The number of hydrogen-bond acceptors (Lipinski definition) is 1. The summed E-state index contributed by atoms with van der Waals surface area (Å²) in [7, 11) is 0. The van der Waals surface area contributed by atoms with Gasteiger partial charge in [0.05, 0.1) is 0 Å². The maximum Gasteiger partial charge on any atom is 0.141 e. The van der Waals surface area contributed by atoms with E-state index in [0.29, 0.717) is 12.1 Å². The number of hydrogen-bond donors (Lipinski definition) is 1. The Kier molecular flexibility index (Phi) is 0.562. The van der Waals surface area contributed by atoms with Gasteiger partial charge in [0.25, 0.3) is 0 Å². The third-order valence-corrected chi connectivity index (χ3v) is 1.51. The molecule has 1 saturated heterocycles. The Hall–Kier alpha value is -0.340. The summed E-state index contributed by atoms with van der Waals surface area (Å²) in [4.78, 5) is 5.14. The molecule has 1 fully saturated rings. The predicted octanol–water partition coefficient (Wildman–Crippen LogP) is -0.808. The quantitative estimate of drug-likeness (QED) is 0.394. The van der Waals surface area contributed by atoms with Gasteiger partial charge in [0.1, 0.15) is 12.1 Å². The molecule has 1 unspecified atom stereocenters.